The van der Waals surface area contributed by atoms with Gasteiger partial charge in [0, 0.05) is 12.7 Å². The lowest BCUT2D eigenvalue weighted by Gasteiger charge is -2.04. The average Bonchev–Trinajstić information content (AvgIpc) is 2.85. The van der Waals surface area contributed by atoms with Crippen molar-refractivity contribution in [2.24, 2.45) is 17.9 Å². The molecule has 0 saturated heterocycles. The molecule has 1 aromatic heterocycles. The van der Waals surface area contributed by atoms with Crippen molar-refractivity contribution in [3.05, 3.63) is 53.3 Å². The second-order valence-electron chi connectivity index (χ2n) is 4.88. The van der Waals surface area contributed by atoms with Crippen molar-refractivity contribution in [1.82, 2.24) is 4.57 Å². The summed E-state index contributed by atoms with van der Waals surface area (Å²) in [5.41, 5.74) is 8.38. The predicted octanol–water partition coefficient (Wildman–Crippen LogP) is 1.75. The molecule has 0 aliphatic rings. The van der Waals surface area contributed by atoms with Gasteiger partial charge in [0.2, 0.25) is 0 Å². The molecule has 0 aliphatic heterocycles. The van der Waals surface area contributed by atoms with Crippen LogP contribution in [0.1, 0.15) is 17.0 Å². The lowest BCUT2D eigenvalue weighted by Crippen LogP contribution is -2.19. The molecule has 0 atom stereocenters. The van der Waals surface area contributed by atoms with Crippen molar-refractivity contribution in [2.45, 2.75) is 13.3 Å². The second kappa shape index (κ2) is 6.80. The van der Waals surface area contributed by atoms with E-state index < -0.39 is 5.97 Å². The van der Waals surface area contributed by atoms with E-state index in [1.807, 2.05) is 30.7 Å². The van der Waals surface area contributed by atoms with E-state index in [9.17, 15) is 4.79 Å². The molecule has 6 heteroatoms. The number of hydrogen-bond donors (Lipinski definition) is 1. The monoisotopic (exact) mass is 301 g/mol. The van der Waals surface area contributed by atoms with Crippen LogP contribution in [0.3, 0.4) is 0 Å². The number of carbonyl (C=O) groups is 1. The Morgan fingerprint density at radius 1 is 1.23 bits per heavy atom. The summed E-state index contributed by atoms with van der Waals surface area (Å²) in [6.45, 7) is 1.95. The molecule has 0 aliphatic carbocycles. The maximum atomic E-state index is 11.8. The molecule has 2 aromatic rings. The first-order chi connectivity index (χ1) is 10.5. The largest absolute Gasteiger partial charge is 0.497 e. The first-order valence-electron chi connectivity index (χ1n) is 6.80. The van der Waals surface area contributed by atoms with E-state index in [0.717, 1.165) is 17.0 Å². The van der Waals surface area contributed by atoms with Crippen LogP contribution < -0.4 is 10.5 Å². The number of methoxy groups -OCH3 is 1. The van der Waals surface area contributed by atoms with Crippen LogP contribution in [0.4, 0.5) is 0 Å². The lowest BCUT2D eigenvalue weighted by atomic mass is 10.1. The molecule has 6 nitrogen and oxygen atoms in total. The van der Waals surface area contributed by atoms with Crippen LogP contribution in [0.15, 0.2) is 41.6 Å². The number of nitrogens with two attached hydrogens (primary N) is 1. The van der Waals surface area contributed by atoms with Crippen molar-refractivity contribution in [3.8, 4) is 5.75 Å². The van der Waals surface area contributed by atoms with Crippen LogP contribution in [-0.4, -0.2) is 23.5 Å². The van der Waals surface area contributed by atoms with E-state index in [2.05, 4.69) is 5.16 Å². The third kappa shape index (κ3) is 3.66. The summed E-state index contributed by atoms with van der Waals surface area (Å²) in [5, 5.41) is 3.70. The van der Waals surface area contributed by atoms with Crippen molar-refractivity contribution in [1.29, 1.82) is 0 Å². The highest BCUT2D eigenvalue weighted by Gasteiger charge is 2.09. The highest BCUT2D eigenvalue weighted by molar-refractivity contribution is 5.96. The summed E-state index contributed by atoms with van der Waals surface area (Å²) in [7, 11) is 3.46. The summed E-state index contributed by atoms with van der Waals surface area (Å²) in [5.74, 6) is 0.427. The summed E-state index contributed by atoms with van der Waals surface area (Å²) < 4.78 is 6.93. The van der Waals surface area contributed by atoms with E-state index in [-0.39, 0.29) is 12.3 Å². The van der Waals surface area contributed by atoms with Crippen LogP contribution in [0.5, 0.6) is 5.75 Å². The Balaban J connectivity index is 1.96. The molecule has 0 saturated carbocycles. The third-order valence-electron chi connectivity index (χ3n) is 3.39. The van der Waals surface area contributed by atoms with Gasteiger partial charge < -0.3 is 19.9 Å². The van der Waals surface area contributed by atoms with Crippen LogP contribution in [0.2, 0.25) is 0 Å². The molecular weight excluding hydrogens is 282 g/mol. The zero-order chi connectivity index (χ0) is 16.1. The van der Waals surface area contributed by atoms with Gasteiger partial charge in [-0.1, -0.05) is 17.3 Å². The molecule has 1 aromatic carbocycles. The van der Waals surface area contributed by atoms with Gasteiger partial charge in [0.25, 0.3) is 0 Å². The fourth-order valence-electron chi connectivity index (χ4n) is 1.96. The van der Waals surface area contributed by atoms with Gasteiger partial charge in [-0.15, -0.1) is 0 Å². The van der Waals surface area contributed by atoms with Crippen LogP contribution >= 0.6 is 0 Å². The second-order valence-corrected chi connectivity index (χ2v) is 4.88. The smallest absolute Gasteiger partial charge is 0.339 e. The Morgan fingerprint density at radius 3 is 2.45 bits per heavy atom. The number of aryl methyl sites for hydroxylation is 1. The first-order valence-corrected chi connectivity index (χ1v) is 6.80. The van der Waals surface area contributed by atoms with Gasteiger partial charge in [-0.05, 0) is 36.8 Å². The zero-order valence-electron chi connectivity index (χ0n) is 12.9. The molecule has 0 radical (unpaired) electrons. The standard InChI is InChI=1S/C16H19N3O3/c1-11-4-9-14(19(11)2)16(17)18-22-15(20)10-12-5-7-13(21-3)8-6-12/h4-9H,10H2,1-3H3,(H2,17,18). The van der Waals surface area contributed by atoms with Crippen molar-refractivity contribution in [2.75, 3.05) is 7.11 Å². The van der Waals surface area contributed by atoms with Crippen molar-refractivity contribution < 1.29 is 14.4 Å². The van der Waals surface area contributed by atoms with Crippen molar-refractivity contribution >= 4 is 11.8 Å². The van der Waals surface area contributed by atoms with Gasteiger partial charge in [0.15, 0.2) is 5.84 Å². The number of carbonyl (C=O) groups excluding carboxylic acids is 1. The molecule has 2 N–H and O–H groups in total. The van der Waals surface area contributed by atoms with Gasteiger partial charge in [-0.3, -0.25) is 0 Å². The molecular formula is C16H19N3O3. The quantitative estimate of drug-likeness (QED) is 0.395. The molecule has 0 unspecified atom stereocenters. The predicted molar refractivity (Wildman–Crippen MR) is 83.7 cm³/mol. The van der Waals surface area contributed by atoms with Crippen molar-refractivity contribution in [3.63, 3.8) is 0 Å². The maximum Gasteiger partial charge on any atom is 0.339 e. The third-order valence-corrected chi connectivity index (χ3v) is 3.39. The van der Waals surface area contributed by atoms with E-state index in [0.29, 0.717) is 5.69 Å². The summed E-state index contributed by atoms with van der Waals surface area (Å²) in [6.07, 6.45) is 0.118. The summed E-state index contributed by atoms with van der Waals surface area (Å²) in [6, 6.07) is 10.9. The number of oxime groups is 1. The summed E-state index contributed by atoms with van der Waals surface area (Å²) in [4.78, 5) is 16.6. The van der Waals surface area contributed by atoms with Gasteiger partial charge in [-0.25, -0.2) is 4.79 Å². The van der Waals surface area contributed by atoms with E-state index in [1.165, 1.54) is 0 Å². The van der Waals surface area contributed by atoms with Crippen LogP contribution in [0.25, 0.3) is 0 Å². The Labute approximate surface area is 129 Å². The van der Waals surface area contributed by atoms with Gasteiger partial charge in [-0.2, -0.15) is 0 Å². The SMILES string of the molecule is COc1ccc(CC(=O)O/N=C(\N)c2ccc(C)n2C)cc1. The van der Waals surface area contributed by atoms with Crippen LogP contribution in [0, 0.1) is 6.92 Å². The minimum absolute atomic E-state index is 0.118. The fourth-order valence-corrected chi connectivity index (χ4v) is 1.96. The first kappa shape index (κ1) is 15.6. The molecule has 22 heavy (non-hydrogen) atoms. The number of benzene rings is 1. The van der Waals surface area contributed by atoms with E-state index >= 15 is 0 Å². The number of rotatable bonds is 5. The molecule has 1 heterocycles. The Kier molecular flexibility index (Phi) is 4.83. The highest BCUT2D eigenvalue weighted by Crippen LogP contribution is 2.12. The van der Waals surface area contributed by atoms with Crippen LogP contribution in [-0.2, 0) is 23.1 Å². The highest BCUT2D eigenvalue weighted by atomic mass is 16.7. The number of amidine groups is 1. The Bertz CT molecular complexity index is 687. The molecule has 2 rings (SSSR count). The van der Waals surface area contributed by atoms with Gasteiger partial charge in [0.05, 0.1) is 19.2 Å². The summed E-state index contributed by atoms with van der Waals surface area (Å²) >= 11 is 0. The number of ether oxygens (including phenoxy) is 1. The minimum Gasteiger partial charge on any atom is -0.497 e. The van der Waals surface area contributed by atoms with Gasteiger partial charge >= 0.3 is 5.97 Å². The molecule has 0 bridgehead atoms. The Hall–Kier alpha value is -2.76. The van der Waals surface area contributed by atoms with Gasteiger partial charge in [0.1, 0.15) is 5.75 Å². The number of hydrogen-bond acceptors (Lipinski definition) is 4. The number of aromatic nitrogens is 1. The Morgan fingerprint density at radius 2 is 1.91 bits per heavy atom. The van der Waals surface area contributed by atoms with E-state index in [1.54, 1.807) is 31.4 Å². The maximum absolute atomic E-state index is 11.8. The molecule has 0 fully saturated rings. The average molecular weight is 301 g/mol. The minimum atomic E-state index is -0.473. The molecule has 116 valence electrons. The lowest BCUT2D eigenvalue weighted by molar-refractivity contribution is -0.142. The number of nitrogens with zero attached hydrogens (tertiary/aromatic N) is 2. The molecule has 0 amide bonds. The topological polar surface area (TPSA) is 78.8 Å². The van der Waals surface area contributed by atoms with E-state index in [4.69, 9.17) is 15.3 Å². The fraction of sp³-hybridized carbons (Fsp3) is 0.250. The molecule has 0 spiro atoms. The zero-order valence-corrected chi connectivity index (χ0v) is 12.9. The normalized spacial score (nSPS) is 11.3.